The van der Waals surface area contributed by atoms with E-state index in [0.29, 0.717) is 19.6 Å². The number of carbonyl (C=O) groups is 1. The van der Waals surface area contributed by atoms with Gasteiger partial charge in [-0.15, -0.1) is 0 Å². The summed E-state index contributed by atoms with van der Waals surface area (Å²) in [5, 5.41) is 3.54. The molecule has 0 fully saturated rings. The van der Waals surface area contributed by atoms with Gasteiger partial charge < -0.3 is 14.8 Å². The summed E-state index contributed by atoms with van der Waals surface area (Å²) in [6, 6.07) is 29.7. The molecule has 0 aliphatic heterocycles. The number of allylic oxidation sites excluding steroid dienone is 1. The molecule has 2 unspecified atom stereocenters. The van der Waals surface area contributed by atoms with Crippen LogP contribution in [0.3, 0.4) is 0 Å². The number of aryl methyl sites for hydroxylation is 2. The Morgan fingerprint density at radius 3 is 2.33 bits per heavy atom. The molecule has 0 bridgehead atoms. The molecule has 2 atom stereocenters. The molecule has 0 saturated carbocycles. The average Bonchev–Trinajstić information content (AvgIpc) is 2.95. The minimum Gasteiger partial charge on any atom is -0.469 e. The number of carbonyl (C=O) groups excluding carboxylic acids is 1. The van der Waals surface area contributed by atoms with E-state index in [-0.39, 0.29) is 18.0 Å². The molecule has 0 saturated heterocycles. The minimum atomic E-state index is -0.184. The molecule has 36 heavy (non-hydrogen) atoms. The van der Waals surface area contributed by atoms with Gasteiger partial charge in [0.1, 0.15) is 0 Å². The third kappa shape index (κ3) is 7.77. The number of benzene rings is 3. The molecule has 0 heterocycles. The van der Waals surface area contributed by atoms with Crippen LogP contribution in [0.15, 0.2) is 109 Å². The Morgan fingerprint density at radius 1 is 0.917 bits per heavy atom. The lowest BCUT2D eigenvalue weighted by Gasteiger charge is -2.20. The van der Waals surface area contributed by atoms with Gasteiger partial charge in [-0.2, -0.15) is 0 Å². The fraction of sp³-hybridized carbons (Fsp3) is 0.281. The van der Waals surface area contributed by atoms with Gasteiger partial charge in [0.25, 0.3) is 0 Å². The van der Waals surface area contributed by atoms with E-state index in [4.69, 9.17) is 9.47 Å². The fourth-order valence-electron chi connectivity index (χ4n) is 4.42. The quantitative estimate of drug-likeness (QED) is 0.323. The number of methoxy groups -OCH3 is 1. The van der Waals surface area contributed by atoms with Crippen molar-refractivity contribution in [2.75, 3.05) is 20.2 Å². The largest absolute Gasteiger partial charge is 0.469 e. The van der Waals surface area contributed by atoms with Crippen LogP contribution >= 0.6 is 0 Å². The van der Waals surface area contributed by atoms with Gasteiger partial charge in [0.2, 0.25) is 0 Å². The lowest BCUT2D eigenvalue weighted by Crippen LogP contribution is -2.26. The summed E-state index contributed by atoms with van der Waals surface area (Å²) < 4.78 is 11.3. The van der Waals surface area contributed by atoms with E-state index in [1.54, 1.807) is 0 Å². The van der Waals surface area contributed by atoms with Crippen molar-refractivity contribution in [3.05, 3.63) is 131 Å². The summed E-state index contributed by atoms with van der Waals surface area (Å²) in [5.74, 6) is -0.362. The van der Waals surface area contributed by atoms with Crippen molar-refractivity contribution in [2.45, 2.75) is 32.0 Å². The smallest absolute Gasteiger partial charge is 0.312 e. The van der Waals surface area contributed by atoms with Crippen LogP contribution in [-0.2, 0) is 33.7 Å². The van der Waals surface area contributed by atoms with Crippen molar-refractivity contribution >= 4 is 5.97 Å². The Morgan fingerprint density at radius 2 is 1.61 bits per heavy atom. The Kier molecular flexibility index (Phi) is 9.66. The van der Waals surface area contributed by atoms with E-state index in [2.05, 4.69) is 90.3 Å². The first-order chi connectivity index (χ1) is 17.7. The molecular formula is C32H35NO3. The van der Waals surface area contributed by atoms with Crippen molar-refractivity contribution in [1.29, 1.82) is 0 Å². The van der Waals surface area contributed by atoms with Crippen molar-refractivity contribution in [1.82, 2.24) is 5.32 Å². The Labute approximate surface area is 214 Å². The highest BCUT2D eigenvalue weighted by Gasteiger charge is 2.18. The molecule has 1 aliphatic rings. The van der Waals surface area contributed by atoms with E-state index in [1.807, 2.05) is 18.2 Å². The van der Waals surface area contributed by atoms with Crippen LogP contribution < -0.4 is 5.32 Å². The van der Waals surface area contributed by atoms with Gasteiger partial charge in [-0.3, -0.25) is 4.79 Å². The van der Waals surface area contributed by atoms with Gasteiger partial charge in [-0.05, 0) is 47.1 Å². The van der Waals surface area contributed by atoms with E-state index in [9.17, 15) is 4.79 Å². The van der Waals surface area contributed by atoms with E-state index >= 15 is 0 Å². The maximum atomic E-state index is 11.7. The van der Waals surface area contributed by atoms with Crippen LogP contribution in [0.5, 0.6) is 0 Å². The Hall–Kier alpha value is -3.47. The molecule has 1 aliphatic carbocycles. The molecule has 0 radical (unpaired) electrons. The number of nitrogens with one attached hydrogen (secondary N) is 1. The molecule has 4 rings (SSSR count). The molecule has 186 valence electrons. The van der Waals surface area contributed by atoms with Crippen LogP contribution in [0.1, 0.15) is 34.8 Å². The second-order valence-electron chi connectivity index (χ2n) is 9.15. The van der Waals surface area contributed by atoms with E-state index < -0.39 is 0 Å². The average molecular weight is 482 g/mol. The summed E-state index contributed by atoms with van der Waals surface area (Å²) in [7, 11) is 1.43. The summed E-state index contributed by atoms with van der Waals surface area (Å²) >= 11 is 0. The molecule has 3 aromatic carbocycles. The molecule has 3 aromatic rings. The number of hydrogen-bond acceptors (Lipinski definition) is 4. The molecule has 1 N–H and O–H groups in total. The van der Waals surface area contributed by atoms with Gasteiger partial charge in [0.05, 0.1) is 25.7 Å². The predicted molar refractivity (Wildman–Crippen MR) is 144 cm³/mol. The second kappa shape index (κ2) is 13.6. The topological polar surface area (TPSA) is 47.6 Å². The second-order valence-corrected chi connectivity index (χ2v) is 9.15. The number of esters is 1. The summed E-state index contributed by atoms with van der Waals surface area (Å²) in [5.41, 5.74) is 6.21. The van der Waals surface area contributed by atoms with Crippen LogP contribution in [0.2, 0.25) is 0 Å². The summed E-state index contributed by atoms with van der Waals surface area (Å²) in [4.78, 5) is 11.7. The molecule has 0 spiro atoms. The van der Waals surface area contributed by atoms with Crippen LogP contribution in [0.4, 0.5) is 0 Å². The SMILES string of the molecule is COC(=O)C1C=CC(CNCC(OCc2cccc(CCc3ccccc3)c2)c2ccccc2)=CC1. The summed E-state index contributed by atoms with van der Waals surface area (Å²) in [6.07, 6.45) is 8.71. The molecule has 0 aromatic heterocycles. The third-order valence-electron chi connectivity index (χ3n) is 6.50. The lowest BCUT2D eigenvalue weighted by atomic mass is 9.97. The number of rotatable bonds is 12. The monoisotopic (exact) mass is 481 g/mol. The number of hydrogen-bond donors (Lipinski definition) is 1. The van der Waals surface area contributed by atoms with Gasteiger partial charge in [-0.1, -0.05) is 103 Å². The Balaban J connectivity index is 1.31. The van der Waals surface area contributed by atoms with Gasteiger partial charge in [-0.25, -0.2) is 0 Å². The predicted octanol–water partition coefficient (Wildman–Crippen LogP) is 5.99. The highest BCUT2D eigenvalue weighted by molar-refractivity contribution is 5.75. The third-order valence-corrected chi connectivity index (χ3v) is 6.50. The zero-order valence-corrected chi connectivity index (χ0v) is 20.9. The lowest BCUT2D eigenvalue weighted by molar-refractivity contribution is -0.143. The van der Waals surface area contributed by atoms with Crippen molar-refractivity contribution < 1.29 is 14.3 Å². The first kappa shape index (κ1) is 25.6. The van der Waals surface area contributed by atoms with Gasteiger partial charge >= 0.3 is 5.97 Å². The molecule has 4 heteroatoms. The molecular weight excluding hydrogens is 446 g/mol. The number of ether oxygens (including phenoxy) is 2. The van der Waals surface area contributed by atoms with E-state index in [1.165, 1.54) is 29.4 Å². The van der Waals surface area contributed by atoms with Crippen molar-refractivity contribution in [2.24, 2.45) is 5.92 Å². The summed E-state index contributed by atoms with van der Waals surface area (Å²) in [6.45, 7) is 1.99. The van der Waals surface area contributed by atoms with E-state index in [0.717, 1.165) is 24.9 Å². The first-order valence-electron chi connectivity index (χ1n) is 12.7. The Bertz CT molecular complexity index is 1150. The zero-order chi connectivity index (χ0) is 25.0. The van der Waals surface area contributed by atoms with Crippen molar-refractivity contribution in [3.8, 4) is 0 Å². The zero-order valence-electron chi connectivity index (χ0n) is 20.9. The first-order valence-corrected chi connectivity index (χ1v) is 12.7. The van der Waals surface area contributed by atoms with Crippen LogP contribution in [0, 0.1) is 5.92 Å². The maximum Gasteiger partial charge on any atom is 0.312 e. The van der Waals surface area contributed by atoms with Crippen molar-refractivity contribution in [3.63, 3.8) is 0 Å². The normalized spacial score (nSPS) is 15.8. The van der Waals surface area contributed by atoms with Crippen LogP contribution in [0.25, 0.3) is 0 Å². The minimum absolute atomic E-state index is 0.0600. The maximum absolute atomic E-state index is 11.7. The molecule has 0 amide bonds. The highest BCUT2D eigenvalue weighted by atomic mass is 16.5. The van der Waals surface area contributed by atoms with Gasteiger partial charge in [0, 0.05) is 13.1 Å². The highest BCUT2D eigenvalue weighted by Crippen LogP contribution is 2.21. The fourth-order valence-corrected chi connectivity index (χ4v) is 4.42. The molecule has 4 nitrogen and oxygen atoms in total. The van der Waals surface area contributed by atoms with Crippen LogP contribution in [-0.4, -0.2) is 26.2 Å². The van der Waals surface area contributed by atoms with Gasteiger partial charge in [0.15, 0.2) is 0 Å². The standard InChI is InChI=1S/C32H35NO3/c1-35-32(34)30-19-17-27(18-20-30)22-33-23-31(29-13-6-3-7-14-29)36-24-28-12-8-11-26(21-28)16-15-25-9-4-2-5-10-25/h2-14,17-19,21,30-31,33H,15-16,20,22-24H2,1H3.